The molecule has 0 fully saturated rings. The number of anilines is 1. The highest BCUT2D eigenvalue weighted by Gasteiger charge is 2.35. The predicted octanol–water partition coefficient (Wildman–Crippen LogP) is 5.75. The molecule has 0 radical (unpaired) electrons. The summed E-state index contributed by atoms with van der Waals surface area (Å²) < 4.78 is 86.5. The third kappa shape index (κ3) is 3.95. The van der Waals surface area contributed by atoms with E-state index in [0.717, 1.165) is 22.5 Å². The molecule has 0 saturated heterocycles. The highest BCUT2D eigenvalue weighted by molar-refractivity contribution is 7.92. The summed E-state index contributed by atoms with van der Waals surface area (Å²) in [5.74, 6) is -0.394. The van der Waals surface area contributed by atoms with Gasteiger partial charge in [0.25, 0.3) is 10.0 Å². The van der Waals surface area contributed by atoms with E-state index >= 15 is 0 Å². The topological polar surface area (TPSA) is 46.6 Å². The maximum atomic E-state index is 14.4. The lowest BCUT2D eigenvalue weighted by Gasteiger charge is -2.31. The van der Waals surface area contributed by atoms with Gasteiger partial charge < -0.3 is 4.74 Å². The minimum atomic E-state index is -4.69. The second kappa shape index (κ2) is 7.72. The van der Waals surface area contributed by atoms with E-state index in [4.69, 9.17) is 16.3 Å². The summed E-state index contributed by atoms with van der Waals surface area (Å²) in [6, 6.07) is 12.1. The molecule has 1 aliphatic rings. The normalized spacial score (nSPS) is 14.2. The van der Waals surface area contributed by atoms with Crippen molar-refractivity contribution in [3.05, 3.63) is 77.1 Å². The fraction of sp³-hybridized carbons (Fsp3) is 0.143. The number of ether oxygens (including phenoxy) is 1. The van der Waals surface area contributed by atoms with E-state index in [9.17, 15) is 26.0 Å². The Bertz CT molecular complexity index is 1240. The van der Waals surface area contributed by atoms with Gasteiger partial charge in [-0.1, -0.05) is 29.8 Å². The number of alkyl halides is 3. The number of rotatable bonds is 3. The molecule has 0 aromatic heterocycles. The van der Waals surface area contributed by atoms with Crippen LogP contribution in [0.15, 0.2) is 65.6 Å². The fourth-order valence-electron chi connectivity index (χ4n) is 3.33. The van der Waals surface area contributed by atoms with Crippen LogP contribution in [0.1, 0.15) is 5.56 Å². The first-order chi connectivity index (χ1) is 14.6. The van der Waals surface area contributed by atoms with Gasteiger partial charge in [0, 0.05) is 5.56 Å². The zero-order valence-corrected chi connectivity index (χ0v) is 17.2. The van der Waals surface area contributed by atoms with Crippen molar-refractivity contribution in [2.24, 2.45) is 0 Å². The number of hydrogen-bond donors (Lipinski definition) is 0. The molecule has 31 heavy (non-hydrogen) atoms. The van der Waals surface area contributed by atoms with Crippen LogP contribution >= 0.6 is 11.6 Å². The van der Waals surface area contributed by atoms with Crippen LogP contribution in [0.2, 0.25) is 5.02 Å². The van der Waals surface area contributed by atoms with Crippen LogP contribution < -0.4 is 9.04 Å². The summed E-state index contributed by atoms with van der Waals surface area (Å²) in [4.78, 5) is -0.510. The summed E-state index contributed by atoms with van der Waals surface area (Å²) in [5, 5.41) is 0.129. The Labute approximate surface area is 180 Å². The van der Waals surface area contributed by atoms with Crippen LogP contribution in [0.4, 0.5) is 23.2 Å². The fourth-order valence-corrected chi connectivity index (χ4v) is 5.10. The van der Waals surface area contributed by atoms with Gasteiger partial charge in [-0.05, 0) is 48.0 Å². The van der Waals surface area contributed by atoms with Gasteiger partial charge in [0.2, 0.25) is 0 Å². The van der Waals surface area contributed by atoms with Gasteiger partial charge in [0.05, 0.1) is 27.7 Å². The molecule has 3 aromatic carbocycles. The third-order valence-electron chi connectivity index (χ3n) is 4.78. The maximum absolute atomic E-state index is 14.4. The molecule has 1 aliphatic heterocycles. The molecule has 0 bridgehead atoms. The SMILES string of the molecule is O=S(=O)(c1cccc(C(F)(F)F)c1)N1CCOc2ccc(-c3c(F)cccc3Cl)cc21. The van der Waals surface area contributed by atoms with Crippen molar-refractivity contribution in [1.29, 1.82) is 0 Å². The molecule has 162 valence electrons. The first-order valence-corrected chi connectivity index (χ1v) is 10.8. The van der Waals surface area contributed by atoms with Crippen LogP contribution in [0, 0.1) is 5.82 Å². The number of nitrogens with zero attached hydrogens (tertiary/aromatic N) is 1. The van der Waals surface area contributed by atoms with E-state index < -0.39 is 32.5 Å². The van der Waals surface area contributed by atoms with E-state index in [-0.39, 0.29) is 35.2 Å². The van der Waals surface area contributed by atoms with Crippen molar-refractivity contribution < 1.29 is 30.7 Å². The molecule has 1 heterocycles. The van der Waals surface area contributed by atoms with Crippen LogP contribution in [0.3, 0.4) is 0 Å². The van der Waals surface area contributed by atoms with Crippen LogP contribution in [0.25, 0.3) is 11.1 Å². The minimum Gasteiger partial charge on any atom is -0.489 e. The first-order valence-electron chi connectivity index (χ1n) is 9.00. The second-order valence-corrected chi connectivity index (χ2v) is 9.00. The highest BCUT2D eigenvalue weighted by atomic mass is 35.5. The molecular formula is C21H14ClF4NO3S. The monoisotopic (exact) mass is 471 g/mol. The Morgan fingerprint density at radius 2 is 1.74 bits per heavy atom. The molecule has 0 N–H and O–H groups in total. The Balaban J connectivity index is 1.83. The first kappa shape index (κ1) is 21.5. The molecule has 4 nitrogen and oxygen atoms in total. The number of hydrogen-bond acceptors (Lipinski definition) is 3. The van der Waals surface area contributed by atoms with Crippen LogP contribution in [-0.4, -0.2) is 21.6 Å². The Kier molecular flexibility index (Phi) is 5.35. The number of halogens is 5. The quantitative estimate of drug-likeness (QED) is 0.457. The number of sulfonamides is 1. The molecule has 0 amide bonds. The zero-order valence-electron chi connectivity index (χ0n) is 15.7. The lowest BCUT2D eigenvalue weighted by Crippen LogP contribution is -2.38. The summed E-state index contributed by atoms with van der Waals surface area (Å²) in [6.45, 7) is -0.120. The summed E-state index contributed by atoms with van der Waals surface area (Å²) in [5.41, 5.74) is -0.611. The molecule has 3 aromatic rings. The van der Waals surface area contributed by atoms with Crippen molar-refractivity contribution in [3.63, 3.8) is 0 Å². The summed E-state index contributed by atoms with van der Waals surface area (Å²) in [6.07, 6.45) is -4.69. The maximum Gasteiger partial charge on any atom is 0.416 e. The highest BCUT2D eigenvalue weighted by Crippen LogP contribution is 2.41. The molecule has 4 rings (SSSR count). The number of fused-ring (bicyclic) bond motifs is 1. The molecule has 0 atom stereocenters. The third-order valence-corrected chi connectivity index (χ3v) is 6.90. The van der Waals surface area contributed by atoms with E-state index in [1.165, 1.54) is 36.4 Å². The van der Waals surface area contributed by atoms with E-state index in [1.807, 2.05) is 0 Å². The van der Waals surface area contributed by atoms with Gasteiger partial charge in [-0.25, -0.2) is 12.8 Å². The second-order valence-electron chi connectivity index (χ2n) is 6.73. The van der Waals surface area contributed by atoms with Crippen molar-refractivity contribution >= 4 is 27.3 Å². The summed E-state index contributed by atoms with van der Waals surface area (Å²) >= 11 is 6.12. The Morgan fingerprint density at radius 1 is 1.00 bits per heavy atom. The van der Waals surface area contributed by atoms with Crippen LogP contribution in [-0.2, 0) is 16.2 Å². The van der Waals surface area contributed by atoms with Crippen molar-refractivity contribution in [1.82, 2.24) is 0 Å². The summed E-state index contributed by atoms with van der Waals surface area (Å²) in [7, 11) is -4.35. The number of benzene rings is 3. The zero-order chi connectivity index (χ0) is 22.4. The molecule has 0 spiro atoms. The lowest BCUT2D eigenvalue weighted by molar-refractivity contribution is -0.137. The lowest BCUT2D eigenvalue weighted by atomic mass is 10.0. The van der Waals surface area contributed by atoms with Crippen LogP contribution in [0.5, 0.6) is 5.75 Å². The largest absolute Gasteiger partial charge is 0.489 e. The van der Waals surface area contributed by atoms with Gasteiger partial charge in [0.1, 0.15) is 18.2 Å². The van der Waals surface area contributed by atoms with Gasteiger partial charge in [-0.2, -0.15) is 13.2 Å². The van der Waals surface area contributed by atoms with E-state index in [2.05, 4.69) is 0 Å². The predicted molar refractivity (Wildman–Crippen MR) is 108 cm³/mol. The molecule has 10 heteroatoms. The van der Waals surface area contributed by atoms with Gasteiger partial charge in [-0.15, -0.1) is 0 Å². The smallest absolute Gasteiger partial charge is 0.416 e. The molecule has 0 saturated carbocycles. The van der Waals surface area contributed by atoms with Gasteiger partial charge >= 0.3 is 6.18 Å². The van der Waals surface area contributed by atoms with Crippen molar-refractivity contribution in [3.8, 4) is 16.9 Å². The Morgan fingerprint density at radius 3 is 2.45 bits per heavy atom. The molecule has 0 unspecified atom stereocenters. The van der Waals surface area contributed by atoms with Crippen molar-refractivity contribution in [2.45, 2.75) is 11.1 Å². The minimum absolute atomic E-state index is 0.00495. The van der Waals surface area contributed by atoms with E-state index in [1.54, 1.807) is 0 Å². The Hall–Kier alpha value is -2.78. The molecule has 0 aliphatic carbocycles. The van der Waals surface area contributed by atoms with E-state index in [0.29, 0.717) is 11.6 Å². The van der Waals surface area contributed by atoms with Crippen molar-refractivity contribution in [2.75, 3.05) is 17.5 Å². The van der Waals surface area contributed by atoms with Gasteiger partial charge in [-0.3, -0.25) is 4.31 Å². The average molecular weight is 472 g/mol. The average Bonchev–Trinajstić information content (AvgIpc) is 2.72. The van der Waals surface area contributed by atoms with Gasteiger partial charge in [0.15, 0.2) is 0 Å². The molecular weight excluding hydrogens is 458 g/mol. The standard InChI is InChI=1S/C21H14ClF4NO3S/c22-16-5-2-6-17(23)20(16)13-7-8-19-18(11-13)27(9-10-30-19)31(28,29)15-4-1-3-14(12-15)21(24,25)26/h1-8,11-12H,9-10H2.